The van der Waals surface area contributed by atoms with Crippen molar-refractivity contribution in [3.05, 3.63) is 144 Å². The van der Waals surface area contributed by atoms with Crippen LogP contribution in [0.4, 0.5) is 0 Å². The Kier molecular flexibility index (Phi) is 17.8. The van der Waals surface area contributed by atoms with E-state index in [0.717, 1.165) is 244 Å². The van der Waals surface area contributed by atoms with Gasteiger partial charge in [0.1, 0.15) is 49.4 Å². The standard InChI is InChI=1S/C68H74N8O8/c1-9-53(81-45-33-73-25-37-77-38-26-73)10-2-49(1)65-57-17-19-59(69-57)66(50-3-11-54(12-4-50)82-46-34-74-27-39-78-40-28-74)61-21-23-63(71-61)68(52-7-15-56(16-8-52)84-48-36-76-31-43-80-44-32-76)64-24-22-62(72-64)67(60-20-18-58(65)70-60)51-5-13-55(14-6-51)83-47-35-75-29-41-79-42-30-75/h1-24,69,72H,25-48H2. The van der Waals surface area contributed by atoms with E-state index in [0.29, 0.717) is 26.4 Å². The van der Waals surface area contributed by atoms with E-state index in [1.54, 1.807) is 0 Å². The Hall–Kier alpha value is -7.64. The molecule has 6 aliphatic rings. The Bertz CT molecular complexity index is 3100. The molecule has 6 aliphatic heterocycles. The predicted octanol–water partition coefficient (Wildman–Crippen LogP) is 10.2. The first kappa shape index (κ1) is 55.5. The van der Waals surface area contributed by atoms with Gasteiger partial charge in [0.05, 0.1) is 75.6 Å². The highest BCUT2D eigenvalue weighted by Gasteiger charge is 2.21. The fraction of sp³-hybridized carbons (Fsp3) is 0.353. The summed E-state index contributed by atoms with van der Waals surface area (Å²) < 4.78 is 47.6. The number of morpholine rings is 4. The summed E-state index contributed by atoms with van der Waals surface area (Å²) in [5.41, 5.74) is 14.8. The summed E-state index contributed by atoms with van der Waals surface area (Å²) in [5, 5.41) is 0. The summed E-state index contributed by atoms with van der Waals surface area (Å²) in [6, 6.07) is 42.3. The number of nitrogens with one attached hydrogen (secondary N) is 2. The van der Waals surface area contributed by atoms with Crippen LogP contribution >= 0.6 is 0 Å². The van der Waals surface area contributed by atoms with Crippen molar-refractivity contribution in [1.82, 2.24) is 39.5 Å². The molecule has 9 heterocycles. The normalized spacial score (nSPS) is 17.1. The van der Waals surface area contributed by atoms with Crippen LogP contribution in [-0.4, -0.2) is 197 Å². The lowest BCUT2D eigenvalue weighted by Gasteiger charge is -2.26. The molecule has 4 fully saturated rings. The highest BCUT2D eigenvalue weighted by Crippen LogP contribution is 2.40. The molecule has 0 unspecified atom stereocenters. The van der Waals surface area contributed by atoms with E-state index in [4.69, 9.17) is 47.9 Å². The maximum Gasteiger partial charge on any atom is 0.119 e. The molecule has 3 aromatic heterocycles. The summed E-state index contributed by atoms with van der Waals surface area (Å²) in [4.78, 5) is 28.6. The minimum absolute atomic E-state index is 0.596. The first-order valence-corrected chi connectivity index (χ1v) is 29.9. The van der Waals surface area contributed by atoms with Gasteiger partial charge >= 0.3 is 0 Å². The monoisotopic (exact) mass is 1130 g/mol. The number of H-pyrrole nitrogens is 2. The molecule has 8 bridgehead atoms. The highest BCUT2D eigenvalue weighted by atomic mass is 16.5. The van der Waals surface area contributed by atoms with Gasteiger partial charge in [-0.25, -0.2) is 9.97 Å². The molecule has 434 valence electrons. The van der Waals surface area contributed by atoms with Gasteiger partial charge in [-0.2, -0.15) is 0 Å². The Labute approximate surface area is 491 Å². The lowest BCUT2D eigenvalue weighted by atomic mass is 10.0. The molecular formula is C68H74N8O8. The van der Waals surface area contributed by atoms with Crippen LogP contribution in [0.25, 0.3) is 90.9 Å². The van der Waals surface area contributed by atoms with Gasteiger partial charge in [-0.1, -0.05) is 48.5 Å². The van der Waals surface area contributed by atoms with Crippen LogP contribution in [0.3, 0.4) is 0 Å². The Balaban J connectivity index is 0.930. The number of nitrogens with zero attached hydrogens (tertiary/aromatic N) is 6. The highest BCUT2D eigenvalue weighted by molar-refractivity contribution is 6.00. The van der Waals surface area contributed by atoms with E-state index >= 15 is 0 Å². The van der Waals surface area contributed by atoms with Crippen molar-refractivity contribution in [2.75, 3.05) is 158 Å². The lowest BCUT2D eigenvalue weighted by Crippen LogP contribution is -2.38. The lowest BCUT2D eigenvalue weighted by molar-refractivity contribution is 0.0321. The molecular weight excluding hydrogens is 1060 g/mol. The molecule has 0 saturated carbocycles. The SMILES string of the molecule is C1=Cc2nc1c(-c1ccc(OCCN3CCOCC3)cc1)c1ccc([nH]1)c(-c1ccc(OCCN3CCOCC3)cc1)c1nc(c(-c3ccc(OCCN4CCOCC4)cc3)c3ccc([nH]3)c2-c2ccc(OCCN3CCOCC3)cc2)C=C1. The summed E-state index contributed by atoms with van der Waals surface area (Å²) in [5.74, 6) is 3.27. The van der Waals surface area contributed by atoms with Crippen molar-refractivity contribution in [3.63, 3.8) is 0 Å². The quantitative estimate of drug-likeness (QED) is 0.0747. The Morgan fingerprint density at radius 1 is 0.298 bits per heavy atom. The van der Waals surface area contributed by atoms with Gasteiger partial charge in [-0.15, -0.1) is 0 Å². The zero-order chi connectivity index (χ0) is 56.3. The van der Waals surface area contributed by atoms with Gasteiger partial charge in [0.15, 0.2) is 0 Å². The van der Waals surface area contributed by atoms with Crippen LogP contribution in [0, 0.1) is 0 Å². The topological polar surface area (TPSA) is 144 Å². The first-order chi connectivity index (χ1) is 41.6. The zero-order valence-corrected chi connectivity index (χ0v) is 47.8. The number of benzene rings is 4. The van der Waals surface area contributed by atoms with E-state index in [-0.39, 0.29) is 0 Å². The minimum Gasteiger partial charge on any atom is -0.492 e. The summed E-state index contributed by atoms with van der Waals surface area (Å²) in [6.07, 6.45) is 8.55. The number of hydrogen-bond donors (Lipinski definition) is 2. The molecule has 2 N–H and O–H groups in total. The average Bonchev–Trinajstić information content (AvgIpc) is 4.46. The van der Waals surface area contributed by atoms with Crippen LogP contribution in [0.1, 0.15) is 22.8 Å². The molecule has 84 heavy (non-hydrogen) atoms. The number of aromatic nitrogens is 4. The van der Waals surface area contributed by atoms with E-state index in [2.05, 4.69) is 175 Å². The largest absolute Gasteiger partial charge is 0.492 e. The van der Waals surface area contributed by atoms with Crippen LogP contribution in [0.15, 0.2) is 121 Å². The third-order valence-electron chi connectivity index (χ3n) is 16.4. The Morgan fingerprint density at radius 2 is 0.512 bits per heavy atom. The second-order valence-corrected chi connectivity index (χ2v) is 21.8. The number of rotatable bonds is 20. The van der Waals surface area contributed by atoms with Crippen LogP contribution in [-0.2, 0) is 18.9 Å². The summed E-state index contributed by atoms with van der Waals surface area (Å²) >= 11 is 0. The van der Waals surface area contributed by atoms with Gasteiger partial charge in [0.2, 0.25) is 0 Å². The molecule has 4 aromatic carbocycles. The molecule has 0 spiro atoms. The minimum atomic E-state index is 0.596. The first-order valence-electron chi connectivity index (χ1n) is 29.9. The van der Waals surface area contributed by atoms with Crippen molar-refractivity contribution in [1.29, 1.82) is 0 Å². The molecule has 0 radical (unpaired) electrons. The van der Waals surface area contributed by atoms with Crippen LogP contribution in [0.5, 0.6) is 23.0 Å². The van der Waals surface area contributed by atoms with Crippen molar-refractivity contribution < 1.29 is 37.9 Å². The second kappa shape index (κ2) is 26.9. The van der Waals surface area contributed by atoms with E-state index in [1.807, 2.05) is 0 Å². The number of aromatic amines is 2. The van der Waals surface area contributed by atoms with Crippen LogP contribution < -0.4 is 18.9 Å². The van der Waals surface area contributed by atoms with E-state index < -0.39 is 0 Å². The number of ether oxygens (including phenoxy) is 8. The van der Waals surface area contributed by atoms with E-state index in [1.165, 1.54) is 0 Å². The number of fused-ring (bicyclic) bond motifs is 8. The number of hydrogen-bond acceptors (Lipinski definition) is 14. The Morgan fingerprint density at radius 3 is 0.726 bits per heavy atom. The van der Waals surface area contributed by atoms with Crippen molar-refractivity contribution >= 4 is 46.4 Å². The maximum absolute atomic E-state index is 6.34. The molecule has 4 saturated heterocycles. The van der Waals surface area contributed by atoms with Crippen LogP contribution in [0.2, 0.25) is 0 Å². The predicted molar refractivity (Wildman–Crippen MR) is 332 cm³/mol. The van der Waals surface area contributed by atoms with Gasteiger partial charge < -0.3 is 47.9 Å². The van der Waals surface area contributed by atoms with Crippen molar-refractivity contribution in [3.8, 4) is 67.5 Å². The molecule has 0 aliphatic carbocycles. The summed E-state index contributed by atoms with van der Waals surface area (Å²) in [6.45, 7) is 19.2. The smallest absolute Gasteiger partial charge is 0.119 e. The molecule has 16 heteroatoms. The van der Waals surface area contributed by atoms with Gasteiger partial charge in [0, 0.05) is 123 Å². The molecule has 0 atom stereocenters. The second-order valence-electron chi connectivity index (χ2n) is 21.8. The fourth-order valence-electron chi connectivity index (χ4n) is 11.8. The third kappa shape index (κ3) is 13.5. The van der Waals surface area contributed by atoms with Crippen molar-refractivity contribution in [2.24, 2.45) is 0 Å². The maximum atomic E-state index is 6.34. The summed E-state index contributed by atoms with van der Waals surface area (Å²) in [7, 11) is 0. The molecule has 7 aromatic rings. The van der Waals surface area contributed by atoms with Gasteiger partial charge in [-0.3, -0.25) is 19.6 Å². The molecule has 16 nitrogen and oxygen atoms in total. The third-order valence-corrected chi connectivity index (χ3v) is 16.4. The zero-order valence-electron chi connectivity index (χ0n) is 47.8. The average molecular weight is 1130 g/mol. The van der Waals surface area contributed by atoms with Gasteiger partial charge in [-0.05, 0) is 119 Å². The fourth-order valence-corrected chi connectivity index (χ4v) is 11.8. The molecule has 0 amide bonds. The van der Waals surface area contributed by atoms with Crippen molar-refractivity contribution in [2.45, 2.75) is 0 Å². The van der Waals surface area contributed by atoms with Gasteiger partial charge in [0.25, 0.3) is 0 Å². The molecule has 13 rings (SSSR count). The van der Waals surface area contributed by atoms with E-state index in [9.17, 15) is 0 Å².